The van der Waals surface area contributed by atoms with E-state index in [1.54, 1.807) is 0 Å². The molecule has 2 aromatic rings. The monoisotopic (exact) mass is 254 g/mol. The highest BCUT2D eigenvalue weighted by atomic mass is 16.4. The standard InChI is InChI=1S/C16H14O3/c17-14(8-9-15(18)19)12-6-4-10-2-1-3-11-5-7-13(12)16(10)11/h1-4,6H,5,7-9H2,(H,18,19). The maximum Gasteiger partial charge on any atom is 0.303 e. The zero-order valence-corrected chi connectivity index (χ0v) is 10.5. The van der Waals surface area contributed by atoms with Crippen LogP contribution in [-0.4, -0.2) is 16.9 Å². The van der Waals surface area contributed by atoms with Crippen molar-refractivity contribution in [1.82, 2.24) is 0 Å². The number of hydrogen-bond donors (Lipinski definition) is 1. The van der Waals surface area contributed by atoms with Gasteiger partial charge in [0.25, 0.3) is 0 Å². The van der Waals surface area contributed by atoms with E-state index in [-0.39, 0.29) is 18.6 Å². The first-order valence-electron chi connectivity index (χ1n) is 6.45. The summed E-state index contributed by atoms with van der Waals surface area (Å²) in [5, 5.41) is 11.0. The van der Waals surface area contributed by atoms with Gasteiger partial charge in [0.05, 0.1) is 6.42 Å². The van der Waals surface area contributed by atoms with Gasteiger partial charge in [0.2, 0.25) is 0 Å². The van der Waals surface area contributed by atoms with Crippen LogP contribution in [0.3, 0.4) is 0 Å². The van der Waals surface area contributed by atoms with Crippen LogP contribution in [0, 0.1) is 0 Å². The molecule has 96 valence electrons. The summed E-state index contributed by atoms with van der Waals surface area (Å²) in [6.45, 7) is 0. The predicted molar refractivity (Wildman–Crippen MR) is 72.6 cm³/mol. The van der Waals surface area contributed by atoms with Gasteiger partial charge in [0.1, 0.15) is 0 Å². The molecule has 19 heavy (non-hydrogen) atoms. The number of ketones is 1. The van der Waals surface area contributed by atoms with Gasteiger partial charge in [-0.15, -0.1) is 0 Å². The highest BCUT2D eigenvalue weighted by molar-refractivity contribution is 6.05. The summed E-state index contributed by atoms with van der Waals surface area (Å²) in [5.74, 6) is -0.984. The van der Waals surface area contributed by atoms with Gasteiger partial charge in [-0.3, -0.25) is 9.59 Å². The normalized spacial score (nSPS) is 12.8. The molecule has 0 unspecified atom stereocenters. The lowest BCUT2D eigenvalue weighted by molar-refractivity contribution is -0.136. The molecule has 0 aromatic heterocycles. The summed E-state index contributed by atoms with van der Waals surface area (Å²) in [7, 11) is 0. The first-order chi connectivity index (χ1) is 9.16. The molecule has 0 radical (unpaired) electrons. The Kier molecular flexibility index (Phi) is 2.82. The van der Waals surface area contributed by atoms with Crippen LogP contribution in [0.25, 0.3) is 10.8 Å². The minimum absolute atomic E-state index is 0.0593. The number of carboxylic acids is 1. The fourth-order valence-electron chi connectivity index (χ4n) is 2.88. The quantitative estimate of drug-likeness (QED) is 0.853. The smallest absolute Gasteiger partial charge is 0.303 e. The molecule has 0 fully saturated rings. The van der Waals surface area contributed by atoms with Crippen LogP contribution in [0.2, 0.25) is 0 Å². The molecular weight excluding hydrogens is 240 g/mol. The van der Waals surface area contributed by atoms with E-state index in [1.165, 1.54) is 16.3 Å². The van der Waals surface area contributed by atoms with E-state index in [9.17, 15) is 9.59 Å². The Morgan fingerprint density at radius 2 is 1.89 bits per heavy atom. The molecule has 3 nitrogen and oxygen atoms in total. The number of aliphatic carboxylic acids is 1. The molecule has 1 aliphatic carbocycles. The second kappa shape index (κ2) is 4.50. The minimum Gasteiger partial charge on any atom is -0.481 e. The summed E-state index contributed by atoms with van der Waals surface area (Å²) in [4.78, 5) is 22.7. The van der Waals surface area contributed by atoms with Crippen LogP contribution in [0.4, 0.5) is 0 Å². The second-order valence-corrected chi connectivity index (χ2v) is 4.92. The largest absolute Gasteiger partial charge is 0.481 e. The number of carbonyl (C=O) groups is 2. The van der Waals surface area contributed by atoms with Gasteiger partial charge in [-0.2, -0.15) is 0 Å². The summed E-state index contributed by atoms with van der Waals surface area (Å²) in [6.07, 6.45) is 1.83. The molecule has 2 aromatic carbocycles. The van der Waals surface area contributed by atoms with Gasteiger partial charge in [0.15, 0.2) is 5.78 Å². The highest BCUT2D eigenvalue weighted by Gasteiger charge is 2.20. The van der Waals surface area contributed by atoms with Crippen molar-refractivity contribution in [3.63, 3.8) is 0 Å². The van der Waals surface area contributed by atoms with Crippen molar-refractivity contribution in [2.24, 2.45) is 0 Å². The van der Waals surface area contributed by atoms with Gasteiger partial charge in [0, 0.05) is 12.0 Å². The Morgan fingerprint density at radius 1 is 1.05 bits per heavy atom. The number of Topliss-reactive ketones (excluding diaryl/α,β-unsaturated/α-hetero) is 1. The number of benzene rings is 2. The summed E-state index contributed by atoms with van der Waals surface area (Å²) in [5.41, 5.74) is 3.10. The van der Waals surface area contributed by atoms with Gasteiger partial charge >= 0.3 is 5.97 Å². The molecule has 0 bridgehead atoms. The van der Waals surface area contributed by atoms with Crippen LogP contribution >= 0.6 is 0 Å². The second-order valence-electron chi connectivity index (χ2n) is 4.92. The molecule has 0 aliphatic heterocycles. The van der Waals surface area contributed by atoms with E-state index in [4.69, 9.17) is 5.11 Å². The molecular formula is C16H14O3. The van der Waals surface area contributed by atoms with Crippen LogP contribution in [0.5, 0.6) is 0 Å². The third-order valence-corrected chi connectivity index (χ3v) is 3.75. The van der Waals surface area contributed by atoms with E-state index in [1.807, 2.05) is 18.2 Å². The average molecular weight is 254 g/mol. The van der Waals surface area contributed by atoms with Crippen LogP contribution < -0.4 is 0 Å². The first kappa shape index (κ1) is 11.9. The fraction of sp³-hybridized carbons (Fsp3) is 0.250. The molecule has 1 N–H and O–H groups in total. The molecule has 0 atom stereocenters. The van der Waals surface area contributed by atoms with Gasteiger partial charge < -0.3 is 5.11 Å². The van der Waals surface area contributed by atoms with Crippen LogP contribution in [0.1, 0.15) is 34.3 Å². The number of carbonyl (C=O) groups excluding carboxylic acids is 1. The lowest BCUT2D eigenvalue weighted by Gasteiger charge is -2.07. The molecule has 1 aliphatic rings. The maximum absolute atomic E-state index is 12.1. The Hall–Kier alpha value is -2.16. The van der Waals surface area contributed by atoms with Crippen molar-refractivity contribution >= 4 is 22.5 Å². The third kappa shape index (κ3) is 2.01. The van der Waals surface area contributed by atoms with Crippen molar-refractivity contribution in [3.05, 3.63) is 47.0 Å². The van der Waals surface area contributed by atoms with E-state index in [0.717, 1.165) is 18.4 Å². The average Bonchev–Trinajstić information content (AvgIpc) is 2.83. The zero-order chi connectivity index (χ0) is 13.4. The minimum atomic E-state index is -0.925. The van der Waals surface area contributed by atoms with Crippen molar-refractivity contribution in [1.29, 1.82) is 0 Å². The SMILES string of the molecule is O=C(O)CCC(=O)c1ccc2cccc3c2c1CC3. The maximum atomic E-state index is 12.1. The van der Waals surface area contributed by atoms with Crippen molar-refractivity contribution < 1.29 is 14.7 Å². The Morgan fingerprint density at radius 3 is 2.68 bits per heavy atom. The molecule has 3 heteroatoms. The highest BCUT2D eigenvalue weighted by Crippen LogP contribution is 2.33. The van der Waals surface area contributed by atoms with Gasteiger partial charge in [-0.05, 0) is 34.7 Å². The van der Waals surface area contributed by atoms with Crippen molar-refractivity contribution in [2.45, 2.75) is 25.7 Å². The molecule has 0 saturated carbocycles. The lowest BCUT2D eigenvalue weighted by atomic mass is 9.96. The Balaban J connectivity index is 2.03. The molecule has 0 heterocycles. The molecule has 0 saturated heterocycles. The number of hydrogen-bond acceptors (Lipinski definition) is 2. The molecule has 0 spiro atoms. The van der Waals surface area contributed by atoms with Crippen LogP contribution in [0.15, 0.2) is 30.3 Å². The third-order valence-electron chi connectivity index (χ3n) is 3.75. The summed E-state index contributed by atoms with van der Waals surface area (Å²) < 4.78 is 0. The first-order valence-corrected chi connectivity index (χ1v) is 6.45. The van der Waals surface area contributed by atoms with Crippen molar-refractivity contribution in [2.75, 3.05) is 0 Å². The summed E-state index contributed by atoms with van der Waals surface area (Å²) in [6, 6.07) is 10.0. The predicted octanol–water partition coefficient (Wildman–Crippen LogP) is 2.99. The van der Waals surface area contributed by atoms with Gasteiger partial charge in [-0.25, -0.2) is 0 Å². The Labute approximate surface area is 110 Å². The van der Waals surface area contributed by atoms with Gasteiger partial charge in [-0.1, -0.05) is 30.3 Å². The zero-order valence-electron chi connectivity index (χ0n) is 10.5. The Bertz CT molecular complexity index is 686. The topological polar surface area (TPSA) is 54.4 Å². The number of rotatable bonds is 4. The summed E-state index contributed by atoms with van der Waals surface area (Å²) >= 11 is 0. The lowest BCUT2D eigenvalue weighted by Crippen LogP contribution is -2.06. The number of carboxylic acid groups (broad SMARTS) is 1. The van der Waals surface area contributed by atoms with E-state index < -0.39 is 5.97 Å². The van der Waals surface area contributed by atoms with Crippen LogP contribution in [-0.2, 0) is 17.6 Å². The van der Waals surface area contributed by atoms with E-state index in [2.05, 4.69) is 12.1 Å². The van der Waals surface area contributed by atoms with Crippen molar-refractivity contribution in [3.8, 4) is 0 Å². The molecule has 3 rings (SSSR count). The van der Waals surface area contributed by atoms with E-state index >= 15 is 0 Å². The fourth-order valence-corrected chi connectivity index (χ4v) is 2.88. The van der Waals surface area contributed by atoms with E-state index in [0.29, 0.717) is 5.56 Å². The number of aryl methyl sites for hydroxylation is 2. The molecule has 0 amide bonds.